The minimum Gasteiger partial charge on any atom is -0.506 e. The first-order chi connectivity index (χ1) is 19.1. The van der Waals surface area contributed by atoms with E-state index in [1.54, 1.807) is 42.6 Å². The van der Waals surface area contributed by atoms with E-state index in [9.17, 15) is 9.90 Å². The van der Waals surface area contributed by atoms with Crippen LogP contribution in [-0.2, 0) is 28.1 Å². The van der Waals surface area contributed by atoms with E-state index in [1.165, 1.54) is 28.1 Å². The molecule has 0 aliphatic heterocycles. The number of aromatic nitrogens is 4. The van der Waals surface area contributed by atoms with E-state index < -0.39 is 0 Å². The summed E-state index contributed by atoms with van der Waals surface area (Å²) in [5.41, 5.74) is 5.03. The van der Waals surface area contributed by atoms with Gasteiger partial charge in [0.15, 0.2) is 0 Å². The molecule has 0 radical (unpaired) electrons. The zero-order valence-electron chi connectivity index (χ0n) is 21.6. The van der Waals surface area contributed by atoms with Gasteiger partial charge in [-0.3, -0.25) is 19.4 Å². The Hall–Kier alpha value is -4.67. The van der Waals surface area contributed by atoms with Crippen LogP contribution in [0.4, 0.5) is 0 Å². The maximum absolute atomic E-state index is 11.7. The first kappa shape index (κ1) is 28.3. The average Bonchev–Trinajstić information content (AvgIpc) is 3.44. The molecule has 0 spiro atoms. The van der Waals surface area contributed by atoms with Crippen LogP contribution in [0.3, 0.4) is 0 Å². The normalized spacial score (nSPS) is 10.8. The van der Waals surface area contributed by atoms with Gasteiger partial charge in [-0.2, -0.15) is 0 Å². The van der Waals surface area contributed by atoms with Crippen molar-refractivity contribution in [2.75, 3.05) is 0 Å². The number of benzene rings is 3. The fraction of sp³-hybridized carbons (Fsp3) is 0.0303. The molecule has 0 amide bonds. The van der Waals surface area contributed by atoms with Gasteiger partial charge >= 0.3 is 0 Å². The van der Waals surface area contributed by atoms with Crippen LogP contribution in [0.25, 0.3) is 38.9 Å². The Balaban J connectivity index is 0.000000187. The number of carbonyl (C=O) groups is 1. The summed E-state index contributed by atoms with van der Waals surface area (Å²) in [6.07, 6.45) is 6.13. The van der Waals surface area contributed by atoms with Crippen molar-refractivity contribution in [3.63, 3.8) is 0 Å². The number of aliphatic hydroxyl groups excluding tert-OH is 1. The van der Waals surface area contributed by atoms with Gasteiger partial charge in [-0.05, 0) is 35.0 Å². The van der Waals surface area contributed by atoms with Gasteiger partial charge in [0.05, 0.1) is 0 Å². The Labute approximate surface area is 247 Å². The summed E-state index contributed by atoms with van der Waals surface area (Å²) in [5, 5.41) is 16.6. The molecule has 0 saturated heterocycles. The van der Waals surface area contributed by atoms with E-state index in [0.717, 1.165) is 17.3 Å². The molecule has 0 aliphatic rings. The average molecular weight is 705 g/mol. The van der Waals surface area contributed by atoms with Gasteiger partial charge in [-0.1, -0.05) is 71.8 Å². The molecule has 0 saturated carbocycles. The van der Waals surface area contributed by atoms with Crippen molar-refractivity contribution < 1.29 is 31.0 Å². The van der Waals surface area contributed by atoms with Crippen LogP contribution in [0.15, 0.2) is 128 Å². The van der Waals surface area contributed by atoms with Gasteiger partial charge in [-0.25, -0.2) is 5.10 Å². The Kier molecular flexibility index (Phi) is 9.50. The zero-order chi connectivity index (χ0) is 27.0. The minimum atomic E-state index is -0.353. The monoisotopic (exact) mass is 704 g/mol. The molecular formula is C33H25N4O2Pt-. The first-order valence-electron chi connectivity index (χ1n) is 12.4. The zero-order valence-corrected chi connectivity index (χ0v) is 23.9. The van der Waals surface area contributed by atoms with E-state index in [2.05, 4.69) is 75.7 Å². The van der Waals surface area contributed by atoms with E-state index in [0.29, 0.717) is 5.69 Å². The second-order valence-corrected chi connectivity index (χ2v) is 8.72. The fourth-order valence-corrected chi connectivity index (χ4v) is 4.08. The maximum Gasteiger partial charge on any atom is 0.207 e. The second-order valence-electron chi connectivity index (χ2n) is 8.72. The van der Waals surface area contributed by atoms with Gasteiger partial charge in [0, 0.05) is 58.5 Å². The molecule has 0 bridgehead atoms. The molecule has 40 heavy (non-hydrogen) atoms. The molecule has 200 valence electrons. The number of carbonyl (C=O) groups excluding carboxylic acids is 1. The summed E-state index contributed by atoms with van der Waals surface area (Å²) in [6.45, 7) is 0. The van der Waals surface area contributed by atoms with Crippen LogP contribution in [0.5, 0.6) is 0 Å². The van der Waals surface area contributed by atoms with Gasteiger partial charge in [0.1, 0.15) is 17.1 Å². The predicted octanol–water partition coefficient (Wildman–Crippen LogP) is 6.96. The number of aryl methyl sites for hydroxylation is 1. The summed E-state index contributed by atoms with van der Waals surface area (Å²) in [6, 6.07) is 36.6. The summed E-state index contributed by atoms with van der Waals surface area (Å²) >= 11 is 0. The largest absolute Gasteiger partial charge is 0.506 e. The predicted molar refractivity (Wildman–Crippen MR) is 154 cm³/mol. The minimum absolute atomic E-state index is 0. The second kappa shape index (κ2) is 13.4. The molecule has 0 fully saturated rings. The van der Waals surface area contributed by atoms with Crippen LogP contribution in [0.1, 0.15) is 16.2 Å². The Morgan fingerprint density at radius 3 is 2.17 bits per heavy atom. The summed E-state index contributed by atoms with van der Waals surface area (Å²) in [4.78, 5) is 19.5. The number of pyridine rings is 2. The third-order valence-electron chi connectivity index (χ3n) is 6.02. The molecule has 0 atom stereocenters. The van der Waals surface area contributed by atoms with Gasteiger partial charge in [0.2, 0.25) is 5.78 Å². The molecule has 0 unspecified atom stereocenters. The standard InChI is InChI=1S/C20H15N2.C13H10N2O2.Pt/c1-22-14-13-20(21-22)17-11-9-16(10-12-17)19-8-4-6-15-5-2-3-7-18(15)19;16-12(10-5-1-3-7-14-10)9-13(17)11-6-2-4-8-15-11;/h2-11,13-14H,1H3;1-9,16H;/q-1;;/b;12-9-;. The van der Waals surface area contributed by atoms with Crippen LogP contribution in [0, 0.1) is 6.07 Å². The van der Waals surface area contributed by atoms with Gasteiger partial charge in [-0.15, -0.1) is 29.8 Å². The third-order valence-corrected chi connectivity index (χ3v) is 6.02. The number of hydrogen-bond acceptors (Lipinski definition) is 5. The molecule has 3 aromatic heterocycles. The Bertz CT molecular complexity index is 1730. The number of allylic oxidation sites excluding steroid dienone is 1. The number of fused-ring (bicyclic) bond motifs is 1. The molecule has 6 aromatic rings. The molecular weight excluding hydrogens is 679 g/mol. The topological polar surface area (TPSA) is 80.9 Å². The van der Waals surface area contributed by atoms with Crippen LogP contribution in [0.2, 0.25) is 0 Å². The SMILES string of the molecule is Cn1ccc(-c2[c-]cc(-c3cccc4ccccc34)cc2)n1.O=C(/C=C(\O)c1ccccn1)c1ccccn1.[Pt]. The van der Waals surface area contributed by atoms with Crippen molar-refractivity contribution in [2.45, 2.75) is 0 Å². The van der Waals surface area contributed by atoms with E-state index in [4.69, 9.17) is 0 Å². The molecule has 1 N–H and O–H groups in total. The number of aliphatic hydroxyl groups is 1. The number of hydrogen-bond donors (Lipinski definition) is 1. The molecule has 6 nitrogen and oxygen atoms in total. The van der Waals surface area contributed by atoms with Gasteiger partial charge in [0.25, 0.3) is 0 Å². The quantitative estimate of drug-likeness (QED) is 0.0909. The molecule has 0 aliphatic carbocycles. The van der Waals surface area contributed by atoms with Crippen molar-refractivity contribution in [1.82, 2.24) is 19.7 Å². The maximum atomic E-state index is 11.7. The number of nitrogens with zero attached hydrogens (tertiary/aromatic N) is 4. The van der Waals surface area contributed by atoms with Crippen molar-refractivity contribution in [2.24, 2.45) is 7.05 Å². The number of ketones is 1. The molecule has 6 rings (SSSR count). The Morgan fingerprint density at radius 1 is 0.825 bits per heavy atom. The van der Waals surface area contributed by atoms with Crippen LogP contribution in [-0.4, -0.2) is 30.6 Å². The summed E-state index contributed by atoms with van der Waals surface area (Å²) in [5.74, 6) is -0.519. The third kappa shape index (κ3) is 6.85. The van der Waals surface area contributed by atoms with Crippen molar-refractivity contribution in [1.29, 1.82) is 0 Å². The van der Waals surface area contributed by atoms with E-state index in [1.807, 2.05) is 30.1 Å². The summed E-state index contributed by atoms with van der Waals surface area (Å²) < 4.78 is 1.81. The molecule has 3 heterocycles. The van der Waals surface area contributed by atoms with Crippen molar-refractivity contribution >= 4 is 22.3 Å². The molecule has 3 aromatic carbocycles. The first-order valence-corrected chi connectivity index (χ1v) is 12.4. The smallest absolute Gasteiger partial charge is 0.207 e. The van der Waals surface area contributed by atoms with Crippen LogP contribution >= 0.6 is 0 Å². The van der Waals surface area contributed by atoms with E-state index in [-0.39, 0.29) is 38.3 Å². The Morgan fingerprint density at radius 2 is 1.52 bits per heavy atom. The van der Waals surface area contributed by atoms with Crippen LogP contribution < -0.4 is 0 Å². The van der Waals surface area contributed by atoms with Crippen molar-refractivity contribution in [3.8, 4) is 22.4 Å². The fourth-order valence-electron chi connectivity index (χ4n) is 4.08. The van der Waals surface area contributed by atoms with Gasteiger partial charge < -0.3 is 5.11 Å². The summed E-state index contributed by atoms with van der Waals surface area (Å²) in [7, 11) is 1.92. The number of rotatable bonds is 5. The van der Waals surface area contributed by atoms with E-state index >= 15 is 0 Å². The molecule has 7 heteroatoms. The van der Waals surface area contributed by atoms with Crippen molar-refractivity contribution in [3.05, 3.63) is 145 Å².